The summed E-state index contributed by atoms with van der Waals surface area (Å²) < 4.78 is 10.7. The van der Waals surface area contributed by atoms with Crippen molar-refractivity contribution in [2.45, 2.75) is 19.9 Å². The third-order valence-electron chi connectivity index (χ3n) is 2.76. The first-order valence-electron chi connectivity index (χ1n) is 5.51. The Kier molecular flexibility index (Phi) is 3.20. The molecule has 2 rings (SSSR count). The van der Waals surface area contributed by atoms with Gasteiger partial charge in [-0.2, -0.15) is 0 Å². The summed E-state index contributed by atoms with van der Waals surface area (Å²) in [6.45, 7) is 3.71. The quantitative estimate of drug-likeness (QED) is 0.666. The van der Waals surface area contributed by atoms with Gasteiger partial charge in [0, 0.05) is 5.56 Å². The average Bonchev–Trinajstić information content (AvgIpc) is 2.88. The number of aryl methyl sites for hydroxylation is 2. The summed E-state index contributed by atoms with van der Waals surface area (Å²) in [4.78, 5) is 10.1. The molecule has 1 N–H and O–H groups in total. The van der Waals surface area contributed by atoms with Crippen LogP contribution in [0.2, 0.25) is 0 Å². The Bertz CT molecular complexity index is 570. The number of nitrogens with one attached hydrogen (secondary N) is 1. The van der Waals surface area contributed by atoms with Gasteiger partial charge in [0.25, 0.3) is 0 Å². The summed E-state index contributed by atoms with van der Waals surface area (Å²) in [7, 11) is 1.76. The van der Waals surface area contributed by atoms with Crippen LogP contribution in [0.25, 0.3) is 0 Å². The molecule has 18 heavy (non-hydrogen) atoms. The number of rotatable bonds is 4. The van der Waals surface area contributed by atoms with Gasteiger partial charge < -0.3 is 14.2 Å². The van der Waals surface area contributed by atoms with Crippen LogP contribution in [0.15, 0.2) is 27.0 Å². The number of hydrogen-bond acceptors (Lipinski definition) is 5. The van der Waals surface area contributed by atoms with Gasteiger partial charge in [0.1, 0.15) is 22.2 Å². The molecule has 0 radical (unpaired) electrons. The van der Waals surface area contributed by atoms with Crippen molar-refractivity contribution in [2.24, 2.45) is 0 Å². The zero-order valence-electron chi connectivity index (χ0n) is 10.4. The van der Waals surface area contributed by atoms with E-state index in [0.717, 1.165) is 17.1 Å². The van der Waals surface area contributed by atoms with E-state index < -0.39 is 4.92 Å². The fraction of sp³-hybridized carbons (Fsp3) is 0.333. The molecular weight excluding hydrogens is 236 g/mol. The van der Waals surface area contributed by atoms with Crippen LogP contribution in [0.3, 0.4) is 0 Å². The first-order valence-corrected chi connectivity index (χ1v) is 5.51. The van der Waals surface area contributed by atoms with Gasteiger partial charge in [-0.05, 0) is 33.0 Å². The van der Waals surface area contributed by atoms with E-state index in [4.69, 9.17) is 8.83 Å². The van der Waals surface area contributed by atoms with Gasteiger partial charge in [0.05, 0.1) is 12.1 Å². The first kappa shape index (κ1) is 12.4. The molecule has 0 aliphatic heterocycles. The minimum atomic E-state index is -0.552. The Balaban J connectivity index is 2.38. The maximum atomic E-state index is 10.6. The normalized spacial score (nSPS) is 12.6. The van der Waals surface area contributed by atoms with E-state index in [1.54, 1.807) is 13.1 Å². The maximum Gasteiger partial charge on any atom is 0.433 e. The van der Waals surface area contributed by atoms with E-state index in [9.17, 15) is 10.1 Å². The smallest absolute Gasteiger partial charge is 0.433 e. The number of hydrogen-bond donors (Lipinski definition) is 1. The first-order chi connectivity index (χ1) is 8.52. The molecule has 2 aromatic rings. The lowest BCUT2D eigenvalue weighted by molar-refractivity contribution is -0.402. The molecule has 0 aromatic carbocycles. The van der Waals surface area contributed by atoms with Crippen LogP contribution in [-0.2, 0) is 0 Å². The highest BCUT2D eigenvalue weighted by Crippen LogP contribution is 2.30. The minimum absolute atomic E-state index is 0.254. The van der Waals surface area contributed by atoms with Crippen molar-refractivity contribution in [1.82, 2.24) is 5.32 Å². The SMILES string of the molecule is CNC(c1ccc([N+](=O)[O-])o1)c1cc(C)oc1C. The Hall–Kier alpha value is -2.08. The van der Waals surface area contributed by atoms with Gasteiger partial charge in [0.15, 0.2) is 0 Å². The molecule has 6 heteroatoms. The molecule has 0 amide bonds. The van der Waals surface area contributed by atoms with Crippen molar-refractivity contribution in [3.05, 3.63) is 51.2 Å². The molecule has 0 saturated heterocycles. The van der Waals surface area contributed by atoms with E-state index in [2.05, 4.69) is 5.32 Å². The predicted molar refractivity (Wildman–Crippen MR) is 64.4 cm³/mol. The third kappa shape index (κ3) is 2.14. The van der Waals surface area contributed by atoms with Crippen LogP contribution in [0, 0.1) is 24.0 Å². The standard InChI is InChI=1S/C12H14N2O4/c1-7-6-9(8(2)17-7)12(13-3)10-4-5-11(18-10)14(15)16/h4-6,12-13H,1-3H3. The van der Waals surface area contributed by atoms with Crippen LogP contribution in [0.4, 0.5) is 5.88 Å². The lowest BCUT2D eigenvalue weighted by Crippen LogP contribution is -2.17. The zero-order valence-corrected chi connectivity index (χ0v) is 10.4. The summed E-state index contributed by atoms with van der Waals surface area (Å²) in [6, 6.07) is 4.59. The van der Waals surface area contributed by atoms with Gasteiger partial charge in [-0.3, -0.25) is 10.1 Å². The molecule has 0 fully saturated rings. The third-order valence-corrected chi connectivity index (χ3v) is 2.76. The minimum Gasteiger partial charge on any atom is -0.466 e. The van der Waals surface area contributed by atoms with Crippen molar-refractivity contribution < 1.29 is 13.8 Å². The van der Waals surface area contributed by atoms with Crippen molar-refractivity contribution in [3.8, 4) is 0 Å². The van der Waals surface area contributed by atoms with E-state index in [1.165, 1.54) is 6.07 Å². The van der Waals surface area contributed by atoms with Gasteiger partial charge >= 0.3 is 5.88 Å². The van der Waals surface area contributed by atoms with Gasteiger partial charge in [0.2, 0.25) is 0 Å². The molecule has 0 saturated carbocycles. The van der Waals surface area contributed by atoms with Crippen LogP contribution < -0.4 is 5.32 Å². The lowest BCUT2D eigenvalue weighted by atomic mass is 10.1. The molecule has 1 atom stereocenters. The highest BCUT2D eigenvalue weighted by molar-refractivity contribution is 5.32. The molecule has 6 nitrogen and oxygen atoms in total. The molecule has 2 heterocycles. The number of nitrogens with zero attached hydrogens (tertiary/aromatic N) is 1. The summed E-state index contributed by atoms with van der Waals surface area (Å²) in [5.74, 6) is 1.80. The van der Waals surface area contributed by atoms with E-state index in [1.807, 2.05) is 19.9 Å². The fourth-order valence-electron chi connectivity index (χ4n) is 1.98. The molecule has 0 aliphatic carbocycles. The second-order valence-electron chi connectivity index (χ2n) is 4.02. The molecule has 1 unspecified atom stereocenters. The Morgan fingerprint density at radius 3 is 2.50 bits per heavy atom. The monoisotopic (exact) mass is 250 g/mol. The van der Waals surface area contributed by atoms with E-state index in [0.29, 0.717) is 5.76 Å². The van der Waals surface area contributed by atoms with Gasteiger partial charge in [-0.25, -0.2) is 0 Å². The van der Waals surface area contributed by atoms with Crippen LogP contribution >= 0.6 is 0 Å². The molecular formula is C12H14N2O4. The van der Waals surface area contributed by atoms with Crippen LogP contribution in [-0.4, -0.2) is 12.0 Å². The average molecular weight is 250 g/mol. The second-order valence-corrected chi connectivity index (χ2v) is 4.02. The lowest BCUT2D eigenvalue weighted by Gasteiger charge is -2.11. The maximum absolute atomic E-state index is 10.6. The fourth-order valence-corrected chi connectivity index (χ4v) is 1.98. The van der Waals surface area contributed by atoms with Crippen LogP contribution in [0.1, 0.15) is 28.9 Å². The molecule has 96 valence electrons. The second kappa shape index (κ2) is 4.66. The topological polar surface area (TPSA) is 81.5 Å². The Morgan fingerprint density at radius 2 is 2.06 bits per heavy atom. The molecule has 0 bridgehead atoms. The van der Waals surface area contributed by atoms with Crippen molar-refractivity contribution in [2.75, 3.05) is 7.05 Å². The van der Waals surface area contributed by atoms with Crippen molar-refractivity contribution in [3.63, 3.8) is 0 Å². The Labute approximate surface area is 104 Å². The molecule has 0 aliphatic rings. The van der Waals surface area contributed by atoms with E-state index in [-0.39, 0.29) is 11.9 Å². The van der Waals surface area contributed by atoms with Gasteiger partial charge in [-0.1, -0.05) is 0 Å². The largest absolute Gasteiger partial charge is 0.466 e. The van der Waals surface area contributed by atoms with Crippen molar-refractivity contribution >= 4 is 5.88 Å². The summed E-state index contributed by atoms with van der Waals surface area (Å²) >= 11 is 0. The Morgan fingerprint density at radius 1 is 1.33 bits per heavy atom. The summed E-state index contributed by atoms with van der Waals surface area (Å²) in [6.07, 6.45) is 0. The van der Waals surface area contributed by atoms with E-state index >= 15 is 0 Å². The van der Waals surface area contributed by atoms with Crippen LogP contribution in [0.5, 0.6) is 0 Å². The highest BCUT2D eigenvalue weighted by atomic mass is 16.6. The molecule has 2 aromatic heterocycles. The zero-order chi connectivity index (χ0) is 13.3. The van der Waals surface area contributed by atoms with Gasteiger partial charge in [-0.15, -0.1) is 0 Å². The number of nitro groups is 1. The summed E-state index contributed by atoms with van der Waals surface area (Å²) in [5.41, 5.74) is 0.916. The number of furan rings is 2. The predicted octanol–water partition coefficient (Wildman–Crippen LogP) is 2.71. The molecule has 0 spiro atoms. The summed E-state index contributed by atoms with van der Waals surface area (Å²) in [5, 5.41) is 13.7. The van der Waals surface area contributed by atoms with Crippen molar-refractivity contribution in [1.29, 1.82) is 0 Å². The highest BCUT2D eigenvalue weighted by Gasteiger charge is 2.23.